The fourth-order valence-corrected chi connectivity index (χ4v) is 1.66. The van der Waals surface area contributed by atoms with Crippen molar-refractivity contribution in [3.63, 3.8) is 0 Å². The molecule has 0 unspecified atom stereocenters. The number of benzene rings is 1. The van der Waals surface area contributed by atoms with Crippen LogP contribution in [0, 0.1) is 0 Å². The standard InChI is InChI=1S/C12H11Cl3O5/c13-6-11(16)18-3-4-19-12(17)7-20-10-2-1-8(14)5-9(10)15/h1-2,5H,3-4,6-7H2. The van der Waals surface area contributed by atoms with Crippen molar-refractivity contribution < 1.29 is 23.8 Å². The maximum Gasteiger partial charge on any atom is 0.344 e. The third-order valence-corrected chi connectivity index (χ3v) is 2.71. The van der Waals surface area contributed by atoms with E-state index in [4.69, 9.17) is 44.3 Å². The van der Waals surface area contributed by atoms with Crippen molar-refractivity contribution >= 4 is 46.7 Å². The van der Waals surface area contributed by atoms with Crippen LogP contribution < -0.4 is 4.74 Å². The zero-order valence-corrected chi connectivity index (χ0v) is 12.5. The third kappa shape index (κ3) is 6.32. The molecule has 110 valence electrons. The normalized spacial score (nSPS) is 9.95. The molecule has 0 aliphatic heterocycles. The van der Waals surface area contributed by atoms with Crippen molar-refractivity contribution in [2.24, 2.45) is 0 Å². The van der Waals surface area contributed by atoms with Crippen LogP contribution in [0.25, 0.3) is 0 Å². The minimum atomic E-state index is -0.613. The van der Waals surface area contributed by atoms with E-state index in [-0.39, 0.29) is 25.7 Å². The van der Waals surface area contributed by atoms with Gasteiger partial charge in [-0.1, -0.05) is 23.2 Å². The quantitative estimate of drug-likeness (QED) is 0.433. The molecule has 0 aliphatic carbocycles. The van der Waals surface area contributed by atoms with E-state index >= 15 is 0 Å². The highest BCUT2D eigenvalue weighted by Gasteiger charge is 2.08. The third-order valence-electron chi connectivity index (χ3n) is 1.96. The Morgan fingerprint density at radius 3 is 2.30 bits per heavy atom. The second kappa shape index (κ2) is 8.89. The van der Waals surface area contributed by atoms with Gasteiger partial charge in [-0.3, -0.25) is 4.79 Å². The smallest absolute Gasteiger partial charge is 0.344 e. The summed E-state index contributed by atoms with van der Waals surface area (Å²) in [5.74, 6) is -1.11. The lowest BCUT2D eigenvalue weighted by Gasteiger charge is -2.08. The summed E-state index contributed by atoms with van der Waals surface area (Å²) in [6.07, 6.45) is 0. The van der Waals surface area contributed by atoms with Crippen LogP contribution in [0.1, 0.15) is 0 Å². The summed E-state index contributed by atoms with van der Waals surface area (Å²) < 4.78 is 14.5. The SMILES string of the molecule is O=C(CCl)OCCOC(=O)COc1ccc(Cl)cc1Cl. The molecule has 0 amide bonds. The molecule has 0 aromatic heterocycles. The fourth-order valence-electron chi connectivity index (χ4n) is 1.12. The number of hydrogen-bond acceptors (Lipinski definition) is 5. The van der Waals surface area contributed by atoms with E-state index in [1.165, 1.54) is 6.07 Å². The van der Waals surface area contributed by atoms with Crippen LogP contribution in [0.5, 0.6) is 5.75 Å². The van der Waals surface area contributed by atoms with Crippen molar-refractivity contribution in [2.45, 2.75) is 0 Å². The molecule has 0 aliphatic rings. The van der Waals surface area contributed by atoms with Gasteiger partial charge >= 0.3 is 11.9 Å². The molecule has 1 aromatic carbocycles. The Kier molecular flexibility index (Phi) is 7.51. The minimum absolute atomic E-state index is 0.0566. The summed E-state index contributed by atoms with van der Waals surface area (Å²) in [6.45, 7) is -0.441. The van der Waals surface area contributed by atoms with Crippen molar-refractivity contribution in [2.75, 3.05) is 25.7 Å². The number of ether oxygens (including phenoxy) is 3. The average molecular weight is 342 g/mol. The van der Waals surface area contributed by atoms with Gasteiger partial charge < -0.3 is 14.2 Å². The summed E-state index contributed by atoms with van der Waals surface area (Å²) in [5, 5.41) is 0.757. The molecule has 1 aromatic rings. The Hall–Kier alpha value is -1.17. The first kappa shape index (κ1) is 16.9. The lowest BCUT2D eigenvalue weighted by atomic mass is 10.3. The van der Waals surface area contributed by atoms with Crippen molar-refractivity contribution in [1.29, 1.82) is 0 Å². The number of carbonyl (C=O) groups is 2. The predicted octanol–water partition coefficient (Wildman–Crippen LogP) is 2.70. The maximum atomic E-state index is 11.3. The molecule has 0 atom stereocenters. The molecule has 20 heavy (non-hydrogen) atoms. The molecule has 0 spiro atoms. The van der Waals surface area contributed by atoms with Gasteiger partial charge in [0.1, 0.15) is 24.8 Å². The zero-order chi connectivity index (χ0) is 15.0. The van der Waals surface area contributed by atoms with Crippen LogP contribution >= 0.6 is 34.8 Å². The van der Waals surface area contributed by atoms with Gasteiger partial charge in [0.25, 0.3) is 0 Å². The lowest BCUT2D eigenvalue weighted by molar-refractivity contribution is -0.152. The highest BCUT2D eigenvalue weighted by Crippen LogP contribution is 2.27. The second-order valence-electron chi connectivity index (χ2n) is 3.44. The van der Waals surface area contributed by atoms with Crippen LogP contribution in [0.15, 0.2) is 18.2 Å². The Bertz CT molecular complexity index is 478. The Morgan fingerprint density at radius 2 is 1.70 bits per heavy atom. The molecule has 0 saturated heterocycles. The van der Waals surface area contributed by atoms with E-state index in [1.807, 2.05) is 0 Å². The number of esters is 2. The first-order valence-electron chi connectivity index (χ1n) is 5.48. The zero-order valence-electron chi connectivity index (χ0n) is 10.2. The van der Waals surface area contributed by atoms with Crippen molar-refractivity contribution in [3.05, 3.63) is 28.2 Å². The van der Waals surface area contributed by atoms with Gasteiger partial charge in [0.15, 0.2) is 6.61 Å². The molecule has 0 saturated carbocycles. The highest BCUT2D eigenvalue weighted by molar-refractivity contribution is 6.35. The number of carbonyl (C=O) groups excluding carboxylic acids is 2. The van der Waals surface area contributed by atoms with Crippen molar-refractivity contribution in [1.82, 2.24) is 0 Å². The van der Waals surface area contributed by atoms with Crippen LogP contribution in [0.2, 0.25) is 10.0 Å². The molecule has 5 nitrogen and oxygen atoms in total. The molecular formula is C12H11Cl3O5. The monoisotopic (exact) mass is 340 g/mol. The maximum absolute atomic E-state index is 11.3. The van der Waals surface area contributed by atoms with E-state index in [9.17, 15) is 9.59 Å². The van der Waals surface area contributed by atoms with Crippen LogP contribution in [-0.2, 0) is 19.1 Å². The molecule has 0 N–H and O–H groups in total. The molecule has 0 radical (unpaired) electrons. The predicted molar refractivity (Wildman–Crippen MR) is 74.6 cm³/mol. The highest BCUT2D eigenvalue weighted by atomic mass is 35.5. The van der Waals surface area contributed by atoms with Crippen molar-refractivity contribution in [3.8, 4) is 5.75 Å². The van der Waals surface area contributed by atoms with Gasteiger partial charge in [-0.15, -0.1) is 11.6 Å². The van der Waals surface area contributed by atoms with Gasteiger partial charge in [0.2, 0.25) is 0 Å². The minimum Gasteiger partial charge on any atom is -0.480 e. The van der Waals surface area contributed by atoms with Gasteiger partial charge in [-0.2, -0.15) is 0 Å². The Labute approximate surface area is 130 Å². The Balaban J connectivity index is 2.24. The molecule has 0 heterocycles. The van der Waals surface area contributed by atoms with E-state index in [0.717, 1.165) is 0 Å². The van der Waals surface area contributed by atoms with E-state index in [0.29, 0.717) is 15.8 Å². The average Bonchev–Trinajstić information content (AvgIpc) is 2.42. The second-order valence-corrected chi connectivity index (χ2v) is 4.55. The summed E-state index contributed by atoms with van der Waals surface area (Å²) in [7, 11) is 0. The van der Waals surface area contributed by atoms with E-state index in [2.05, 4.69) is 4.74 Å². The molecule has 0 fully saturated rings. The lowest BCUT2D eigenvalue weighted by Crippen LogP contribution is -2.19. The van der Waals surface area contributed by atoms with Crippen LogP contribution in [0.4, 0.5) is 0 Å². The number of hydrogen-bond donors (Lipinski definition) is 0. The Morgan fingerprint density at radius 1 is 1.05 bits per heavy atom. The molecule has 8 heteroatoms. The molecule has 1 rings (SSSR count). The number of halogens is 3. The summed E-state index contributed by atoms with van der Waals surface area (Å²) >= 11 is 16.8. The summed E-state index contributed by atoms with van der Waals surface area (Å²) in [6, 6.07) is 4.62. The van der Waals surface area contributed by atoms with Crippen LogP contribution in [0.3, 0.4) is 0 Å². The molecular weight excluding hydrogens is 330 g/mol. The topological polar surface area (TPSA) is 61.8 Å². The number of rotatable bonds is 7. The van der Waals surface area contributed by atoms with Crippen LogP contribution in [-0.4, -0.2) is 37.6 Å². The van der Waals surface area contributed by atoms with Gasteiger partial charge in [-0.05, 0) is 18.2 Å². The molecule has 0 bridgehead atoms. The fraction of sp³-hybridized carbons (Fsp3) is 0.333. The first-order valence-corrected chi connectivity index (χ1v) is 6.77. The van der Waals surface area contributed by atoms with Gasteiger partial charge in [0, 0.05) is 5.02 Å². The van der Waals surface area contributed by atoms with E-state index < -0.39 is 11.9 Å². The van der Waals surface area contributed by atoms with Gasteiger partial charge in [0.05, 0.1) is 5.02 Å². The van der Waals surface area contributed by atoms with Gasteiger partial charge in [-0.25, -0.2) is 4.79 Å². The first-order chi connectivity index (χ1) is 9.52. The van der Waals surface area contributed by atoms with E-state index in [1.54, 1.807) is 12.1 Å². The summed E-state index contributed by atoms with van der Waals surface area (Å²) in [4.78, 5) is 22.0. The summed E-state index contributed by atoms with van der Waals surface area (Å²) in [5.41, 5.74) is 0. The number of alkyl halides is 1. The largest absolute Gasteiger partial charge is 0.480 e.